The van der Waals surface area contributed by atoms with Gasteiger partial charge < -0.3 is 0 Å². The molecule has 0 saturated heterocycles. The molecular formula is C11H6Cl2OS. The monoisotopic (exact) mass is 256 g/mol. The summed E-state index contributed by atoms with van der Waals surface area (Å²) >= 11 is 13.2. The van der Waals surface area contributed by atoms with Crippen LogP contribution in [-0.4, -0.2) is 6.29 Å². The molecule has 76 valence electrons. The molecule has 4 heteroatoms. The van der Waals surface area contributed by atoms with Gasteiger partial charge in [-0.2, -0.15) is 0 Å². The Hall–Kier alpha value is -0.830. The Morgan fingerprint density at radius 1 is 1.13 bits per heavy atom. The lowest BCUT2D eigenvalue weighted by atomic mass is 10.1. The molecule has 0 aliphatic rings. The summed E-state index contributed by atoms with van der Waals surface area (Å²) in [6.45, 7) is 0. The van der Waals surface area contributed by atoms with E-state index >= 15 is 0 Å². The molecule has 1 heterocycles. The molecule has 0 N–H and O–H groups in total. The van der Waals surface area contributed by atoms with Gasteiger partial charge in [-0.05, 0) is 30.3 Å². The largest absolute Gasteiger partial charge is 0.298 e. The van der Waals surface area contributed by atoms with Crippen LogP contribution in [0.15, 0.2) is 30.3 Å². The molecule has 0 fully saturated rings. The van der Waals surface area contributed by atoms with Gasteiger partial charge >= 0.3 is 0 Å². The van der Waals surface area contributed by atoms with E-state index in [-0.39, 0.29) is 0 Å². The van der Waals surface area contributed by atoms with Crippen molar-refractivity contribution in [3.8, 4) is 10.4 Å². The lowest BCUT2D eigenvalue weighted by Gasteiger charge is -2.01. The zero-order chi connectivity index (χ0) is 10.8. The smallest absolute Gasteiger partial charge is 0.150 e. The number of halogens is 2. The first-order valence-electron chi connectivity index (χ1n) is 4.21. The van der Waals surface area contributed by atoms with Crippen LogP contribution >= 0.6 is 34.5 Å². The first-order valence-corrected chi connectivity index (χ1v) is 5.78. The molecule has 0 bridgehead atoms. The summed E-state index contributed by atoms with van der Waals surface area (Å²) in [4.78, 5) is 11.8. The molecule has 0 aliphatic carbocycles. The zero-order valence-electron chi connectivity index (χ0n) is 7.54. The number of aldehydes is 1. The van der Waals surface area contributed by atoms with Crippen LogP contribution in [0.25, 0.3) is 10.4 Å². The summed E-state index contributed by atoms with van der Waals surface area (Å²) < 4.78 is 0.696. The van der Waals surface area contributed by atoms with Crippen LogP contribution in [-0.2, 0) is 0 Å². The number of rotatable bonds is 2. The van der Waals surface area contributed by atoms with Crippen molar-refractivity contribution in [2.24, 2.45) is 0 Å². The molecule has 15 heavy (non-hydrogen) atoms. The van der Waals surface area contributed by atoms with Crippen molar-refractivity contribution in [3.63, 3.8) is 0 Å². The Morgan fingerprint density at radius 2 is 1.93 bits per heavy atom. The molecule has 2 rings (SSSR count). The zero-order valence-corrected chi connectivity index (χ0v) is 9.86. The number of hydrogen-bond donors (Lipinski definition) is 0. The predicted octanol–water partition coefficient (Wildman–Crippen LogP) is 4.53. The van der Waals surface area contributed by atoms with Crippen molar-refractivity contribution in [1.29, 1.82) is 0 Å². The van der Waals surface area contributed by atoms with Crippen LogP contribution in [0.1, 0.15) is 10.4 Å². The molecule has 0 aliphatic heterocycles. The highest BCUT2D eigenvalue weighted by Crippen LogP contribution is 2.33. The molecule has 1 aromatic heterocycles. The van der Waals surface area contributed by atoms with Gasteiger partial charge in [-0.15, -0.1) is 11.3 Å². The molecular weight excluding hydrogens is 251 g/mol. The Balaban J connectivity index is 2.59. The molecule has 0 saturated carbocycles. The summed E-state index contributed by atoms with van der Waals surface area (Å²) in [6.07, 6.45) is 0.819. The van der Waals surface area contributed by atoms with Crippen LogP contribution < -0.4 is 0 Å². The van der Waals surface area contributed by atoms with Crippen molar-refractivity contribution in [2.75, 3.05) is 0 Å². The van der Waals surface area contributed by atoms with E-state index in [0.717, 1.165) is 16.7 Å². The van der Waals surface area contributed by atoms with E-state index in [4.69, 9.17) is 23.2 Å². The van der Waals surface area contributed by atoms with Crippen LogP contribution in [0.2, 0.25) is 9.36 Å². The maximum Gasteiger partial charge on any atom is 0.150 e. The molecule has 0 unspecified atom stereocenters. The highest BCUT2D eigenvalue weighted by atomic mass is 35.5. The van der Waals surface area contributed by atoms with Gasteiger partial charge in [0.25, 0.3) is 0 Å². The average molecular weight is 257 g/mol. The Kier molecular flexibility index (Phi) is 3.10. The lowest BCUT2D eigenvalue weighted by molar-refractivity contribution is 0.112. The summed E-state index contributed by atoms with van der Waals surface area (Å²) in [5.74, 6) is 0. The third kappa shape index (κ3) is 2.23. The van der Waals surface area contributed by atoms with Gasteiger partial charge in [-0.3, -0.25) is 4.79 Å². The summed E-state index contributed by atoms with van der Waals surface area (Å²) in [5, 5.41) is 0.611. The van der Waals surface area contributed by atoms with Crippen molar-refractivity contribution < 1.29 is 4.79 Å². The van der Waals surface area contributed by atoms with Gasteiger partial charge in [-0.1, -0.05) is 23.2 Å². The molecule has 1 aromatic carbocycles. The lowest BCUT2D eigenvalue weighted by Crippen LogP contribution is -1.84. The standard InChI is InChI=1S/C11H6Cl2OS/c12-8-2-1-7(6-14)9(5-8)10-3-4-11(13)15-10/h1-6H. The quantitative estimate of drug-likeness (QED) is 0.722. The minimum absolute atomic E-state index is 0.611. The van der Waals surface area contributed by atoms with Crippen LogP contribution in [0.5, 0.6) is 0 Å². The van der Waals surface area contributed by atoms with E-state index in [9.17, 15) is 4.79 Å². The van der Waals surface area contributed by atoms with Crippen molar-refractivity contribution in [1.82, 2.24) is 0 Å². The van der Waals surface area contributed by atoms with E-state index in [1.807, 2.05) is 6.07 Å². The van der Waals surface area contributed by atoms with Gasteiger partial charge in [0.05, 0.1) is 4.34 Å². The summed E-state index contributed by atoms with van der Waals surface area (Å²) in [5.41, 5.74) is 1.45. The normalized spacial score (nSPS) is 10.3. The number of hydrogen-bond acceptors (Lipinski definition) is 2. The van der Waals surface area contributed by atoms with Gasteiger partial charge in [-0.25, -0.2) is 0 Å². The fourth-order valence-electron chi connectivity index (χ4n) is 1.30. The van der Waals surface area contributed by atoms with Crippen LogP contribution in [0.3, 0.4) is 0 Å². The first-order chi connectivity index (χ1) is 7.20. The maximum atomic E-state index is 10.8. The number of thiophene rings is 1. The van der Waals surface area contributed by atoms with Crippen molar-refractivity contribution in [3.05, 3.63) is 45.3 Å². The third-order valence-electron chi connectivity index (χ3n) is 1.98. The van der Waals surface area contributed by atoms with Crippen molar-refractivity contribution in [2.45, 2.75) is 0 Å². The first kappa shape index (κ1) is 10.7. The summed E-state index contributed by atoms with van der Waals surface area (Å²) in [6, 6.07) is 8.86. The highest BCUT2D eigenvalue weighted by Gasteiger charge is 2.07. The molecule has 0 atom stereocenters. The fourth-order valence-corrected chi connectivity index (χ4v) is 2.56. The molecule has 1 nitrogen and oxygen atoms in total. The molecule has 0 radical (unpaired) electrons. The number of carbonyl (C=O) groups is 1. The second kappa shape index (κ2) is 4.35. The van der Waals surface area contributed by atoms with E-state index < -0.39 is 0 Å². The number of benzene rings is 1. The molecule has 2 aromatic rings. The second-order valence-corrected chi connectivity index (χ2v) is 5.10. The van der Waals surface area contributed by atoms with E-state index in [2.05, 4.69) is 0 Å². The Labute approximate surface area is 101 Å². The van der Waals surface area contributed by atoms with Gasteiger partial charge in [0.2, 0.25) is 0 Å². The average Bonchev–Trinajstić information content (AvgIpc) is 2.65. The molecule has 0 spiro atoms. The van der Waals surface area contributed by atoms with Gasteiger partial charge in [0.15, 0.2) is 6.29 Å². The van der Waals surface area contributed by atoms with E-state index in [1.54, 1.807) is 24.3 Å². The summed E-state index contributed by atoms with van der Waals surface area (Å²) in [7, 11) is 0. The minimum Gasteiger partial charge on any atom is -0.298 e. The predicted molar refractivity (Wildman–Crippen MR) is 65.2 cm³/mol. The topological polar surface area (TPSA) is 17.1 Å². The maximum absolute atomic E-state index is 10.8. The highest BCUT2D eigenvalue weighted by molar-refractivity contribution is 7.19. The SMILES string of the molecule is O=Cc1ccc(Cl)cc1-c1ccc(Cl)s1. The number of carbonyl (C=O) groups excluding carboxylic acids is 1. The Morgan fingerprint density at radius 3 is 2.53 bits per heavy atom. The third-order valence-corrected chi connectivity index (χ3v) is 3.48. The van der Waals surface area contributed by atoms with E-state index in [1.165, 1.54) is 11.3 Å². The second-order valence-electron chi connectivity index (χ2n) is 2.95. The van der Waals surface area contributed by atoms with Crippen LogP contribution in [0.4, 0.5) is 0 Å². The van der Waals surface area contributed by atoms with E-state index in [0.29, 0.717) is 14.9 Å². The van der Waals surface area contributed by atoms with Gasteiger partial charge in [0.1, 0.15) is 0 Å². The van der Waals surface area contributed by atoms with Crippen LogP contribution in [0, 0.1) is 0 Å². The Bertz CT molecular complexity index is 505. The molecule has 0 amide bonds. The van der Waals surface area contributed by atoms with Crippen molar-refractivity contribution >= 4 is 40.8 Å². The van der Waals surface area contributed by atoms with Gasteiger partial charge in [0, 0.05) is 21.0 Å². The fraction of sp³-hybridized carbons (Fsp3) is 0. The minimum atomic E-state index is 0.611.